The Hall–Kier alpha value is -4.02. The van der Waals surface area contributed by atoms with Crippen LogP contribution in [0.5, 0.6) is 5.75 Å². The van der Waals surface area contributed by atoms with Gasteiger partial charge in [-0.2, -0.15) is 5.10 Å². The first-order valence-electron chi connectivity index (χ1n) is 12.6. The molecule has 0 aliphatic carbocycles. The van der Waals surface area contributed by atoms with E-state index in [2.05, 4.69) is 15.2 Å². The van der Waals surface area contributed by atoms with E-state index in [-0.39, 0.29) is 17.8 Å². The monoisotopic (exact) mass is 544 g/mol. The van der Waals surface area contributed by atoms with Crippen LogP contribution in [0.1, 0.15) is 61.1 Å². The van der Waals surface area contributed by atoms with Crippen LogP contribution in [0.4, 0.5) is 23.7 Å². The molecule has 1 N–H and O–H groups in total. The third-order valence-corrected chi connectivity index (χ3v) is 6.18. The molecule has 11 heteroatoms. The second kappa shape index (κ2) is 11.0. The summed E-state index contributed by atoms with van der Waals surface area (Å²) in [5.41, 5.74) is 2.60. The topological polar surface area (TPSA) is 85.7 Å². The Morgan fingerprint density at radius 1 is 1.03 bits per heavy atom. The van der Waals surface area contributed by atoms with Crippen LogP contribution < -0.4 is 10.1 Å². The van der Waals surface area contributed by atoms with E-state index >= 15 is 0 Å². The van der Waals surface area contributed by atoms with E-state index in [9.17, 15) is 22.8 Å². The summed E-state index contributed by atoms with van der Waals surface area (Å²) in [5.74, 6) is -0.900. The molecule has 8 nitrogen and oxygen atoms in total. The van der Waals surface area contributed by atoms with Gasteiger partial charge in [-0.15, -0.1) is 13.2 Å². The minimum Gasteiger partial charge on any atom is -0.444 e. The Bertz CT molecular complexity index is 1320. The third kappa shape index (κ3) is 7.30. The lowest BCUT2D eigenvalue weighted by Gasteiger charge is -2.34. The molecular formula is C28H31F3N4O4. The number of anilines is 1. The number of benzene rings is 2. The summed E-state index contributed by atoms with van der Waals surface area (Å²) in [6, 6.07) is 12.7. The summed E-state index contributed by atoms with van der Waals surface area (Å²) in [6.07, 6.45) is -2.48. The second-order valence-electron chi connectivity index (χ2n) is 10.5. The molecule has 0 bridgehead atoms. The van der Waals surface area contributed by atoms with Crippen molar-refractivity contribution < 1.29 is 32.2 Å². The Kier molecular flexibility index (Phi) is 7.89. The number of hydrogen-bond donors (Lipinski definition) is 1. The normalized spacial score (nSPS) is 14.7. The van der Waals surface area contributed by atoms with Crippen LogP contribution in [-0.4, -0.2) is 51.7 Å². The number of nitrogens with zero attached hydrogens (tertiary/aromatic N) is 3. The van der Waals surface area contributed by atoms with Crippen LogP contribution in [-0.2, 0) is 4.74 Å². The van der Waals surface area contributed by atoms with Crippen LogP contribution in [0.2, 0.25) is 0 Å². The van der Waals surface area contributed by atoms with Gasteiger partial charge >= 0.3 is 12.5 Å². The summed E-state index contributed by atoms with van der Waals surface area (Å²) in [7, 11) is 0. The minimum absolute atomic E-state index is 0.0741. The molecule has 3 aromatic rings. The maximum Gasteiger partial charge on any atom is 0.573 e. The first kappa shape index (κ1) is 28.0. The predicted molar refractivity (Wildman–Crippen MR) is 139 cm³/mol. The van der Waals surface area contributed by atoms with E-state index in [0.29, 0.717) is 42.9 Å². The molecule has 2 aromatic carbocycles. The van der Waals surface area contributed by atoms with Crippen LogP contribution in [0.3, 0.4) is 0 Å². The average Bonchev–Trinajstić information content (AvgIpc) is 3.29. The van der Waals surface area contributed by atoms with Crippen LogP contribution in [0.25, 0.3) is 5.69 Å². The quantitative estimate of drug-likeness (QED) is 0.399. The number of aromatic nitrogens is 2. The first-order valence-corrected chi connectivity index (χ1v) is 12.6. The molecular weight excluding hydrogens is 513 g/mol. The van der Waals surface area contributed by atoms with E-state index in [1.54, 1.807) is 9.58 Å². The summed E-state index contributed by atoms with van der Waals surface area (Å²) >= 11 is 0. The summed E-state index contributed by atoms with van der Waals surface area (Å²) in [4.78, 5) is 27.6. The molecule has 1 aromatic heterocycles. The van der Waals surface area contributed by atoms with E-state index in [1.165, 1.54) is 18.3 Å². The number of carbonyl (C=O) groups excluding carboxylic acids is 2. The lowest BCUT2D eigenvalue weighted by Crippen LogP contribution is -2.41. The Balaban J connectivity index is 1.58. The molecule has 1 aliphatic heterocycles. The number of hydrogen-bond acceptors (Lipinski definition) is 5. The number of alkyl halides is 3. The van der Waals surface area contributed by atoms with Crippen molar-refractivity contribution in [2.45, 2.75) is 58.4 Å². The molecule has 4 rings (SSSR count). The van der Waals surface area contributed by atoms with Crippen molar-refractivity contribution in [2.24, 2.45) is 0 Å². The van der Waals surface area contributed by atoms with Gasteiger partial charge in [0.25, 0.3) is 5.91 Å². The molecule has 1 saturated heterocycles. The maximum atomic E-state index is 13.4. The van der Waals surface area contributed by atoms with E-state index < -0.39 is 17.9 Å². The van der Waals surface area contributed by atoms with Gasteiger partial charge in [-0.05, 0) is 82.5 Å². The van der Waals surface area contributed by atoms with Gasteiger partial charge in [-0.1, -0.05) is 12.1 Å². The molecule has 1 aliphatic rings. The number of carbonyl (C=O) groups is 2. The smallest absolute Gasteiger partial charge is 0.444 e. The zero-order chi connectivity index (χ0) is 28.4. The maximum absolute atomic E-state index is 13.4. The lowest BCUT2D eigenvalue weighted by molar-refractivity contribution is -0.274. The van der Waals surface area contributed by atoms with Gasteiger partial charge in [-0.3, -0.25) is 4.79 Å². The largest absolute Gasteiger partial charge is 0.573 e. The van der Waals surface area contributed by atoms with Gasteiger partial charge < -0.3 is 19.7 Å². The Morgan fingerprint density at radius 3 is 2.28 bits per heavy atom. The fourth-order valence-corrected chi connectivity index (χ4v) is 4.49. The number of likely N-dealkylation sites (tertiary alicyclic amines) is 1. The molecule has 2 amide bonds. The number of piperidine rings is 1. The van der Waals surface area contributed by atoms with E-state index in [0.717, 1.165) is 23.4 Å². The summed E-state index contributed by atoms with van der Waals surface area (Å²) in [5, 5.41) is 7.27. The van der Waals surface area contributed by atoms with Crippen molar-refractivity contribution in [1.82, 2.24) is 14.7 Å². The van der Waals surface area contributed by atoms with Crippen LogP contribution in [0, 0.1) is 6.92 Å². The molecule has 0 radical (unpaired) electrons. The number of aryl methyl sites for hydroxylation is 1. The molecule has 0 unspecified atom stereocenters. The molecule has 0 spiro atoms. The Morgan fingerprint density at radius 2 is 1.69 bits per heavy atom. The molecule has 39 heavy (non-hydrogen) atoms. The molecule has 208 valence electrons. The summed E-state index contributed by atoms with van der Waals surface area (Å²) < 4.78 is 48.6. The molecule has 0 saturated carbocycles. The molecule has 0 atom stereocenters. The number of rotatable bonds is 5. The van der Waals surface area contributed by atoms with E-state index in [1.807, 2.05) is 52.0 Å². The number of ether oxygens (including phenoxy) is 2. The van der Waals surface area contributed by atoms with Crippen molar-refractivity contribution in [3.05, 3.63) is 71.5 Å². The SMILES string of the molecule is Cc1cccc(-n2ncc(C(=O)Nc3ccc(OC(F)(F)F)cc3)c2C2CCN(C(=O)OC(C)(C)C)CC2)c1. The Labute approximate surface area is 224 Å². The fraction of sp³-hybridized carbons (Fsp3) is 0.393. The van der Waals surface area contributed by atoms with Crippen molar-refractivity contribution in [3.63, 3.8) is 0 Å². The van der Waals surface area contributed by atoms with Crippen molar-refractivity contribution in [1.29, 1.82) is 0 Å². The second-order valence-corrected chi connectivity index (χ2v) is 10.5. The standard InChI is InChI=1S/C28H31F3N4O4/c1-18-6-5-7-21(16-18)35-24(19-12-14-34(15-13-19)26(37)39-27(2,3)4)23(17-32-35)25(36)33-20-8-10-22(11-9-20)38-28(29,30)31/h5-11,16-17,19H,12-15H2,1-4H3,(H,33,36). The van der Waals surface area contributed by atoms with Gasteiger partial charge in [-0.25, -0.2) is 9.48 Å². The zero-order valence-corrected chi connectivity index (χ0v) is 22.2. The molecule has 1 fully saturated rings. The van der Waals surface area contributed by atoms with Gasteiger partial charge in [0.05, 0.1) is 23.1 Å². The number of nitrogens with one attached hydrogen (secondary N) is 1. The number of amides is 2. The lowest BCUT2D eigenvalue weighted by atomic mass is 9.90. The minimum atomic E-state index is -4.80. The predicted octanol–water partition coefficient (Wildman–Crippen LogP) is 6.45. The number of halogens is 3. The van der Waals surface area contributed by atoms with Crippen molar-refractivity contribution in [2.75, 3.05) is 18.4 Å². The van der Waals surface area contributed by atoms with Crippen molar-refractivity contribution >= 4 is 17.7 Å². The average molecular weight is 545 g/mol. The van der Waals surface area contributed by atoms with Gasteiger partial charge in [0, 0.05) is 24.7 Å². The zero-order valence-electron chi connectivity index (χ0n) is 22.2. The highest BCUT2D eigenvalue weighted by molar-refractivity contribution is 6.05. The highest BCUT2D eigenvalue weighted by Crippen LogP contribution is 2.33. The van der Waals surface area contributed by atoms with Crippen LogP contribution >= 0.6 is 0 Å². The van der Waals surface area contributed by atoms with E-state index in [4.69, 9.17) is 4.74 Å². The van der Waals surface area contributed by atoms with Crippen molar-refractivity contribution in [3.8, 4) is 11.4 Å². The van der Waals surface area contributed by atoms with Crippen LogP contribution in [0.15, 0.2) is 54.7 Å². The van der Waals surface area contributed by atoms with Gasteiger partial charge in [0.1, 0.15) is 11.4 Å². The summed E-state index contributed by atoms with van der Waals surface area (Å²) in [6.45, 7) is 8.34. The fourth-order valence-electron chi connectivity index (χ4n) is 4.49. The van der Waals surface area contributed by atoms with Gasteiger partial charge in [0.2, 0.25) is 0 Å². The molecule has 2 heterocycles. The third-order valence-electron chi connectivity index (χ3n) is 6.18. The van der Waals surface area contributed by atoms with Gasteiger partial charge in [0.15, 0.2) is 0 Å². The highest BCUT2D eigenvalue weighted by Gasteiger charge is 2.33. The highest BCUT2D eigenvalue weighted by atomic mass is 19.4. The first-order chi connectivity index (χ1) is 18.3.